The summed E-state index contributed by atoms with van der Waals surface area (Å²) in [7, 11) is 0. The first-order valence-electron chi connectivity index (χ1n) is 6.75. The van der Waals surface area contributed by atoms with Gasteiger partial charge in [-0.1, -0.05) is 42.5 Å². The van der Waals surface area contributed by atoms with Crippen molar-refractivity contribution in [1.29, 1.82) is 0 Å². The lowest BCUT2D eigenvalue weighted by Gasteiger charge is -2.18. The fraction of sp³-hybridized carbons (Fsp3) is 0.188. The highest BCUT2D eigenvalue weighted by Crippen LogP contribution is 2.16. The number of rotatable bonds is 7. The highest BCUT2D eigenvalue weighted by molar-refractivity contribution is 5.74. The summed E-state index contributed by atoms with van der Waals surface area (Å²) in [5.41, 5.74) is 9.70. The SMILES string of the molecule is NC(Cc1ccc(F)cc1)NOC(C(=O)O)c1ccccc1. The van der Waals surface area contributed by atoms with Crippen molar-refractivity contribution in [3.8, 4) is 0 Å². The molecule has 2 rings (SSSR count). The first-order valence-corrected chi connectivity index (χ1v) is 6.75. The first kappa shape index (κ1) is 16.1. The van der Waals surface area contributed by atoms with Crippen LogP contribution in [0.2, 0.25) is 0 Å². The summed E-state index contributed by atoms with van der Waals surface area (Å²) in [6, 6.07) is 14.5. The molecular formula is C16H17FN2O3. The zero-order valence-electron chi connectivity index (χ0n) is 11.8. The van der Waals surface area contributed by atoms with Gasteiger partial charge < -0.3 is 10.8 Å². The lowest BCUT2D eigenvalue weighted by Crippen LogP contribution is -2.41. The summed E-state index contributed by atoms with van der Waals surface area (Å²) >= 11 is 0. The molecule has 5 nitrogen and oxygen atoms in total. The number of hydrogen-bond acceptors (Lipinski definition) is 4. The molecule has 0 amide bonds. The van der Waals surface area contributed by atoms with Crippen LogP contribution in [-0.2, 0) is 16.1 Å². The summed E-state index contributed by atoms with van der Waals surface area (Å²) in [6.07, 6.45) is -1.39. The van der Waals surface area contributed by atoms with Gasteiger partial charge in [-0.15, -0.1) is 0 Å². The molecule has 0 heterocycles. The molecule has 116 valence electrons. The average Bonchev–Trinajstić information content (AvgIpc) is 2.50. The molecule has 0 spiro atoms. The zero-order valence-corrected chi connectivity index (χ0v) is 11.8. The van der Waals surface area contributed by atoms with Gasteiger partial charge in [0.25, 0.3) is 0 Å². The van der Waals surface area contributed by atoms with E-state index in [0.717, 1.165) is 5.56 Å². The fourth-order valence-electron chi connectivity index (χ4n) is 1.96. The van der Waals surface area contributed by atoms with E-state index in [1.165, 1.54) is 12.1 Å². The highest BCUT2D eigenvalue weighted by atomic mass is 19.1. The van der Waals surface area contributed by atoms with E-state index in [1.54, 1.807) is 42.5 Å². The number of nitrogens with one attached hydrogen (secondary N) is 1. The Hall–Kier alpha value is -2.28. The lowest BCUT2D eigenvalue weighted by molar-refractivity contribution is -0.158. The third-order valence-electron chi connectivity index (χ3n) is 3.03. The molecule has 0 bridgehead atoms. The molecule has 0 saturated heterocycles. The smallest absolute Gasteiger partial charge is 0.339 e. The molecular weight excluding hydrogens is 287 g/mol. The zero-order chi connectivity index (χ0) is 15.9. The molecule has 0 saturated carbocycles. The highest BCUT2D eigenvalue weighted by Gasteiger charge is 2.21. The average molecular weight is 304 g/mol. The molecule has 2 aromatic rings. The molecule has 0 aliphatic rings. The summed E-state index contributed by atoms with van der Waals surface area (Å²) in [5.74, 6) is -1.44. The van der Waals surface area contributed by atoms with Crippen molar-refractivity contribution in [2.45, 2.75) is 18.7 Å². The monoisotopic (exact) mass is 304 g/mol. The van der Waals surface area contributed by atoms with Gasteiger partial charge in [0.1, 0.15) is 5.82 Å². The van der Waals surface area contributed by atoms with Crippen LogP contribution in [0.5, 0.6) is 0 Å². The summed E-state index contributed by atoms with van der Waals surface area (Å²) in [5, 5.41) is 9.21. The predicted molar refractivity (Wildman–Crippen MR) is 79.1 cm³/mol. The number of aliphatic carboxylic acids is 1. The van der Waals surface area contributed by atoms with Crippen molar-refractivity contribution in [3.05, 3.63) is 71.5 Å². The number of halogens is 1. The fourth-order valence-corrected chi connectivity index (χ4v) is 1.96. The van der Waals surface area contributed by atoms with Crippen molar-refractivity contribution >= 4 is 5.97 Å². The van der Waals surface area contributed by atoms with Crippen LogP contribution in [0.1, 0.15) is 17.2 Å². The van der Waals surface area contributed by atoms with Crippen LogP contribution in [-0.4, -0.2) is 17.2 Å². The van der Waals surface area contributed by atoms with E-state index in [2.05, 4.69) is 5.48 Å². The second-order valence-electron chi connectivity index (χ2n) is 4.80. The van der Waals surface area contributed by atoms with Gasteiger partial charge in [0.2, 0.25) is 6.10 Å². The van der Waals surface area contributed by atoms with E-state index in [1.807, 2.05) is 0 Å². The molecule has 22 heavy (non-hydrogen) atoms. The van der Waals surface area contributed by atoms with Crippen LogP contribution in [0.15, 0.2) is 54.6 Å². The van der Waals surface area contributed by atoms with Crippen molar-refractivity contribution in [1.82, 2.24) is 5.48 Å². The summed E-state index contributed by atoms with van der Waals surface area (Å²) < 4.78 is 12.8. The number of hydrogen-bond donors (Lipinski definition) is 3. The Morgan fingerprint density at radius 2 is 1.82 bits per heavy atom. The van der Waals surface area contributed by atoms with E-state index >= 15 is 0 Å². The van der Waals surface area contributed by atoms with Gasteiger partial charge in [-0.25, -0.2) is 9.18 Å². The lowest BCUT2D eigenvalue weighted by atomic mass is 10.1. The quantitative estimate of drug-likeness (QED) is 0.538. The summed E-state index contributed by atoms with van der Waals surface area (Å²) in [6.45, 7) is 0. The first-order chi connectivity index (χ1) is 10.6. The minimum atomic E-state index is -1.15. The molecule has 4 N–H and O–H groups in total. The molecule has 0 aliphatic heterocycles. The van der Waals surface area contributed by atoms with E-state index < -0.39 is 18.2 Å². The predicted octanol–water partition coefficient (Wildman–Crippen LogP) is 2.00. The van der Waals surface area contributed by atoms with Gasteiger partial charge in [0.15, 0.2) is 0 Å². The summed E-state index contributed by atoms with van der Waals surface area (Å²) in [4.78, 5) is 16.5. The maximum Gasteiger partial charge on any atom is 0.339 e. The van der Waals surface area contributed by atoms with Crippen LogP contribution in [0.25, 0.3) is 0 Å². The molecule has 2 atom stereocenters. The second kappa shape index (κ2) is 7.65. The molecule has 2 aromatic carbocycles. The topological polar surface area (TPSA) is 84.6 Å². The third-order valence-corrected chi connectivity index (χ3v) is 3.03. The largest absolute Gasteiger partial charge is 0.479 e. The maximum atomic E-state index is 12.8. The maximum absolute atomic E-state index is 12.8. The van der Waals surface area contributed by atoms with E-state index in [-0.39, 0.29) is 5.82 Å². The van der Waals surface area contributed by atoms with Gasteiger partial charge in [0, 0.05) is 6.42 Å². The number of carboxylic acid groups (broad SMARTS) is 1. The molecule has 0 fully saturated rings. The van der Waals surface area contributed by atoms with Gasteiger partial charge in [-0.3, -0.25) is 4.84 Å². The minimum Gasteiger partial charge on any atom is -0.479 e. The molecule has 2 unspecified atom stereocenters. The van der Waals surface area contributed by atoms with Gasteiger partial charge in [-0.05, 0) is 23.3 Å². The molecule has 0 aliphatic carbocycles. The van der Waals surface area contributed by atoms with Crippen molar-refractivity contribution < 1.29 is 19.1 Å². The van der Waals surface area contributed by atoms with Crippen LogP contribution >= 0.6 is 0 Å². The molecule has 0 radical (unpaired) electrons. The van der Waals surface area contributed by atoms with Crippen molar-refractivity contribution in [2.75, 3.05) is 0 Å². The van der Waals surface area contributed by atoms with Gasteiger partial charge in [-0.2, -0.15) is 5.48 Å². The Bertz CT molecular complexity index is 605. The molecule has 0 aromatic heterocycles. The van der Waals surface area contributed by atoms with E-state index in [9.17, 15) is 14.3 Å². The Morgan fingerprint density at radius 1 is 1.18 bits per heavy atom. The van der Waals surface area contributed by atoms with Crippen molar-refractivity contribution in [3.63, 3.8) is 0 Å². The standard InChI is InChI=1S/C16H17FN2O3/c17-13-8-6-11(7-9-13)10-14(18)19-22-15(16(20)21)12-4-2-1-3-5-12/h1-9,14-15,19H,10,18H2,(H,20,21). The van der Waals surface area contributed by atoms with Crippen LogP contribution in [0.3, 0.4) is 0 Å². The molecule has 6 heteroatoms. The third kappa shape index (κ3) is 4.63. The number of hydroxylamine groups is 1. The second-order valence-corrected chi connectivity index (χ2v) is 4.80. The van der Waals surface area contributed by atoms with Crippen LogP contribution in [0.4, 0.5) is 4.39 Å². The number of benzene rings is 2. The number of carboxylic acids is 1. The van der Waals surface area contributed by atoms with E-state index in [0.29, 0.717) is 12.0 Å². The number of nitrogens with two attached hydrogens (primary N) is 1. The van der Waals surface area contributed by atoms with Crippen molar-refractivity contribution in [2.24, 2.45) is 5.73 Å². The minimum absolute atomic E-state index is 0.323. The van der Waals surface area contributed by atoms with E-state index in [4.69, 9.17) is 10.6 Å². The van der Waals surface area contributed by atoms with Crippen LogP contribution < -0.4 is 11.2 Å². The Morgan fingerprint density at radius 3 is 2.41 bits per heavy atom. The van der Waals surface area contributed by atoms with Gasteiger partial charge >= 0.3 is 5.97 Å². The Balaban J connectivity index is 1.92. The van der Waals surface area contributed by atoms with Crippen LogP contribution in [0, 0.1) is 5.82 Å². The Kier molecular flexibility index (Phi) is 5.60. The van der Waals surface area contributed by atoms with Gasteiger partial charge in [0.05, 0.1) is 6.17 Å². The number of carbonyl (C=O) groups is 1. The normalized spacial score (nSPS) is 13.5. The Labute approximate surface area is 127 Å².